The molecule has 0 bridgehead atoms. The highest BCUT2D eigenvalue weighted by Gasteiger charge is 2.23. The topological polar surface area (TPSA) is 29.9 Å². The maximum atomic E-state index is 4.21. The minimum absolute atomic E-state index is 0.689. The Bertz CT molecular complexity index is 335. The molecule has 1 aromatic rings. The van der Waals surface area contributed by atoms with Gasteiger partial charge in [-0.25, -0.2) is 4.98 Å². The van der Waals surface area contributed by atoms with Crippen molar-refractivity contribution >= 4 is 0 Å². The second kappa shape index (κ2) is 5.67. The van der Waals surface area contributed by atoms with Gasteiger partial charge in [-0.05, 0) is 38.0 Å². The summed E-state index contributed by atoms with van der Waals surface area (Å²) in [7, 11) is 0. The number of aromatic nitrogens is 2. The number of nitrogens with zero attached hydrogens (tertiary/aromatic N) is 2. The molecule has 96 valence electrons. The lowest BCUT2D eigenvalue weighted by Crippen LogP contribution is -2.36. The van der Waals surface area contributed by atoms with Crippen molar-refractivity contribution in [3.8, 4) is 0 Å². The van der Waals surface area contributed by atoms with Crippen LogP contribution < -0.4 is 5.32 Å². The van der Waals surface area contributed by atoms with E-state index in [1.165, 1.54) is 25.0 Å². The van der Waals surface area contributed by atoms with Gasteiger partial charge in [0.2, 0.25) is 0 Å². The molecule has 17 heavy (non-hydrogen) atoms. The molecule has 3 heteroatoms. The Morgan fingerprint density at radius 2 is 2.00 bits per heavy atom. The Labute approximate surface area is 105 Å². The number of nitrogens with one attached hydrogen (secondary N) is 1. The van der Waals surface area contributed by atoms with Crippen LogP contribution in [0.25, 0.3) is 0 Å². The van der Waals surface area contributed by atoms with Gasteiger partial charge in [-0.15, -0.1) is 0 Å². The van der Waals surface area contributed by atoms with Gasteiger partial charge in [0.05, 0.1) is 12.0 Å². The second-order valence-corrected chi connectivity index (χ2v) is 5.67. The van der Waals surface area contributed by atoms with Crippen LogP contribution in [-0.2, 0) is 13.1 Å². The first-order valence-electron chi connectivity index (χ1n) is 6.91. The summed E-state index contributed by atoms with van der Waals surface area (Å²) >= 11 is 0. The van der Waals surface area contributed by atoms with Crippen molar-refractivity contribution in [2.24, 2.45) is 11.8 Å². The standard InChI is InChI=1S/C14H25N3/c1-4-17-10-15-8-14(17)9-16-13-6-11(2)5-12(3)7-13/h8,10-13,16H,4-7,9H2,1-3H3. The third kappa shape index (κ3) is 3.32. The van der Waals surface area contributed by atoms with Gasteiger partial charge in [-0.1, -0.05) is 13.8 Å². The molecule has 1 aliphatic carbocycles. The first-order valence-corrected chi connectivity index (χ1v) is 6.91. The Kier molecular flexibility index (Phi) is 4.21. The van der Waals surface area contributed by atoms with Crippen molar-refractivity contribution in [2.45, 2.75) is 59.2 Å². The molecule has 0 aromatic carbocycles. The molecule has 1 N–H and O–H groups in total. The minimum Gasteiger partial charge on any atom is -0.334 e. The molecular weight excluding hydrogens is 210 g/mol. The van der Waals surface area contributed by atoms with Gasteiger partial charge in [0, 0.05) is 25.3 Å². The number of aryl methyl sites for hydroxylation is 1. The molecule has 3 nitrogen and oxygen atoms in total. The van der Waals surface area contributed by atoms with Crippen molar-refractivity contribution in [2.75, 3.05) is 0 Å². The van der Waals surface area contributed by atoms with E-state index in [0.29, 0.717) is 6.04 Å². The van der Waals surface area contributed by atoms with Gasteiger partial charge >= 0.3 is 0 Å². The summed E-state index contributed by atoms with van der Waals surface area (Å²) in [6.45, 7) is 8.88. The molecule has 1 saturated carbocycles. The van der Waals surface area contributed by atoms with Crippen LogP contribution in [0.15, 0.2) is 12.5 Å². The minimum atomic E-state index is 0.689. The molecular formula is C14H25N3. The molecule has 1 fully saturated rings. The zero-order chi connectivity index (χ0) is 12.3. The molecule has 0 radical (unpaired) electrons. The van der Waals surface area contributed by atoms with E-state index in [4.69, 9.17) is 0 Å². The van der Waals surface area contributed by atoms with E-state index in [-0.39, 0.29) is 0 Å². The average molecular weight is 235 g/mol. The van der Waals surface area contributed by atoms with Crippen LogP contribution in [0.1, 0.15) is 45.7 Å². The normalized spacial score (nSPS) is 29.5. The average Bonchev–Trinajstić information content (AvgIpc) is 2.72. The predicted octanol–water partition coefficient (Wildman–Crippen LogP) is 2.82. The fourth-order valence-corrected chi connectivity index (χ4v) is 3.14. The van der Waals surface area contributed by atoms with Crippen molar-refractivity contribution in [1.29, 1.82) is 0 Å². The fourth-order valence-electron chi connectivity index (χ4n) is 3.14. The summed E-state index contributed by atoms with van der Waals surface area (Å²) in [6, 6.07) is 0.689. The Morgan fingerprint density at radius 3 is 2.65 bits per heavy atom. The Morgan fingerprint density at radius 1 is 1.29 bits per heavy atom. The summed E-state index contributed by atoms with van der Waals surface area (Å²) in [6.07, 6.45) is 7.94. The summed E-state index contributed by atoms with van der Waals surface area (Å²) in [5.74, 6) is 1.74. The Balaban J connectivity index is 1.85. The van der Waals surface area contributed by atoms with Gasteiger partial charge in [-0.3, -0.25) is 0 Å². The van der Waals surface area contributed by atoms with Crippen molar-refractivity contribution in [3.05, 3.63) is 18.2 Å². The number of hydrogen-bond acceptors (Lipinski definition) is 2. The van der Waals surface area contributed by atoms with Crippen LogP contribution >= 0.6 is 0 Å². The highest BCUT2D eigenvalue weighted by atomic mass is 15.1. The van der Waals surface area contributed by atoms with Crippen molar-refractivity contribution in [3.63, 3.8) is 0 Å². The quantitative estimate of drug-likeness (QED) is 0.869. The smallest absolute Gasteiger partial charge is 0.0948 e. The van der Waals surface area contributed by atoms with Gasteiger partial charge in [0.25, 0.3) is 0 Å². The first kappa shape index (κ1) is 12.6. The largest absolute Gasteiger partial charge is 0.334 e. The van der Waals surface area contributed by atoms with E-state index in [0.717, 1.165) is 24.9 Å². The molecule has 0 aliphatic heterocycles. The highest BCUT2D eigenvalue weighted by Crippen LogP contribution is 2.28. The van der Waals surface area contributed by atoms with Crippen molar-refractivity contribution in [1.82, 2.24) is 14.9 Å². The fraction of sp³-hybridized carbons (Fsp3) is 0.786. The molecule has 1 aliphatic rings. The summed E-state index contributed by atoms with van der Waals surface area (Å²) in [4.78, 5) is 4.21. The third-order valence-electron chi connectivity index (χ3n) is 3.89. The molecule has 1 heterocycles. The lowest BCUT2D eigenvalue weighted by Gasteiger charge is -2.32. The summed E-state index contributed by atoms with van der Waals surface area (Å²) < 4.78 is 2.21. The lowest BCUT2D eigenvalue weighted by molar-refractivity contribution is 0.237. The maximum absolute atomic E-state index is 4.21. The molecule has 2 atom stereocenters. The molecule has 2 unspecified atom stereocenters. The number of imidazole rings is 1. The van der Waals surface area contributed by atoms with E-state index in [1.807, 2.05) is 12.5 Å². The summed E-state index contributed by atoms with van der Waals surface area (Å²) in [5, 5.41) is 3.70. The zero-order valence-electron chi connectivity index (χ0n) is 11.3. The lowest BCUT2D eigenvalue weighted by atomic mass is 9.80. The SMILES string of the molecule is CCn1cncc1CNC1CC(C)CC(C)C1. The maximum Gasteiger partial charge on any atom is 0.0948 e. The van der Waals surface area contributed by atoms with Crippen LogP contribution in [0.2, 0.25) is 0 Å². The first-order chi connectivity index (χ1) is 8.19. The van der Waals surface area contributed by atoms with E-state index in [9.17, 15) is 0 Å². The number of hydrogen-bond donors (Lipinski definition) is 1. The van der Waals surface area contributed by atoms with Crippen LogP contribution in [0, 0.1) is 11.8 Å². The second-order valence-electron chi connectivity index (χ2n) is 5.67. The van der Waals surface area contributed by atoms with Gasteiger partial charge in [0.15, 0.2) is 0 Å². The van der Waals surface area contributed by atoms with Crippen LogP contribution in [0.3, 0.4) is 0 Å². The molecule has 0 amide bonds. The molecule has 1 aromatic heterocycles. The van der Waals surface area contributed by atoms with Gasteiger partial charge < -0.3 is 9.88 Å². The van der Waals surface area contributed by atoms with Crippen LogP contribution in [-0.4, -0.2) is 15.6 Å². The monoisotopic (exact) mass is 235 g/mol. The van der Waals surface area contributed by atoms with Crippen LogP contribution in [0.5, 0.6) is 0 Å². The van der Waals surface area contributed by atoms with E-state index in [1.54, 1.807) is 0 Å². The molecule has 2 rings (SSSR count). The zero-order valence-corrected chi connectivity index (χ0v) is 11.3. The Hall–Kier alpha value is -0.830. The van der Waals surface area contributed by atoms with E-state index in [2.05, 4.69) is 35.6 Å². The van der Waals surface area contributed by atoms with E-state index >= 15 is 0 Å². The van der Waals surface area contributed by atoms with Crippen LogP contribution in [0.4, 0.5) is 0 Å². The van der Waals surface area contributed by atoms with Crippen molar-refractivity contribution < 1.29 is 0 Å². The molecule has 0 spiro atoms. The third-order valence-corrected chi connectivity index (χ3v) is 3.89. The number of rotatable bonds is 4. The molecule has 0 saturated heterocycles. The van der Waals surface area contributed by atoms with Gasteiger partial charge in [0.1, 0.15) is 0 Å². The van der Waals surface area contributed by atoms with E-state index < -0.39 is 0 Å². The highest BCUT2D eigenvalue weighted by molar-refractivity contribution is 4.98. The van der Waals surface area contributed by atoms with Gasteiger partial charge in [-0.2, -0.15) is 0 Å². The predicted molar refractivity (Wildman–Crippen MR) is 70.7 cm³/mol. The summed E-state index contributed by atoms with van der Waals surface area (Å²) in [5.41, 5.74) is 1.30.